The fourth-order valence-corrected chi connectivity index (χ4v) is 2.32. The number of pyridine rings is 1. The molecule has 0 amide bonds. The van der Waals surface area contributed by atoms with Crippen molar-refractivity contribution in [1.82, 2.24) is 4.98 Å². The second kappa shape index (κ2) is 6.57. The van der Waals surface area contributed by atoms with Gasteiger partial charge in [-0.2, -0.15) is 13.2 Å². The van der Waals surface area contributed by atoms with Crippen LogP contribution in [0.3, 0.4) is 0 Å². The number of halogens is 3. The van der Waals surface area contributed by atoms with Gasteiger partial charge in [0.05, 0.1) is 5.56 Å². The molecule has 1 saturated heterocycles. The van der Waals surface area contributed by atoms with E-state index in [1.54, 1.807) is 0 Å². The van der Waals surface area contributed by atoms with Crippen molar-refractivity contribution in [3.8, 4) is 0 Å². The predicted octanol–water partition coefficient (Wildman–Crippen LogP) is 2.57. The highest BCUT2D eigenvalue weighted by molar-refractivity contribution is 7.80. The normalized spacial score (nSPS) is 18.7. The summed E-state index contributed by atoms with van der Waals surface area (Å²) in [6.45, 7) is 1.93. The molecule has 1 aromatic heterocycles. The van der Waals surface area contributed by atoms with Crippen molar-refractivity contribution >= 4 is 23.0 Å². The molecular formula is C13H16F3N3OS. The molecule has 0 radical (unpaired) electrons. The number of alkyl halides is 3. The maximum absolute atomic E-state index is 12.7. The summed E-state index contributed by atoms with van der Waals surface area (Å²) in [6.07, 6.45) is -2.72. The van der Waals surface area contributed by atoms with Gasteiger partial charge in [0, 0.05) is 19.8 Å². The van der Waals surface area contributed by atoms with Crippen molar-refractivity contribution in [2.24, 2.45) is 11.7 Å². The highest BCUT2D eigenvalue weighted by Gasteiger charge is 2.33. The van der Waals surface area contributed by atoms with Crippen LogP contribution in [0.15, 0.2) is 12.1 Å². The van der Waals surface area contributed by atoms with Crippen molar-refractivity contribution < 1.29 is 17.9 Å². The first kappa shape index (κ1) is 16.0. The Balaban J connectivity index is 2.08. The summed E-state index contributed by atoms with van der Waals surface area (Å²) in [5.74, 6) is 0.507. The Kier molecular flexibility index (Phi) is 5.00. The molecule has 1 aliphatic heterocycles. The fraction of sp³-hybridized carbons (Fsp3) is 0.538. The largest absolute Gasteiger partial charge is 0.433 e. The molecule has 2 rings (SSSR count). The smallest absolute Gasteiger partial charge is 0.389 e. The Labute approximate surface area is 125 Å². The van der Waals surface area contributed by atoms with Crippen LogP contribution in [0.5, 0.6) is 0 Å². The summed E-state index contributed by atoms with van der Waals surface area (Å²) < 4.78 is 43.3. The van der Waals surface area contributed by atoms with Gasteiger partial charge in [0.2, 0.25) is 0 Å². The van der Waals surface area contributed by atoms with Gasteiger partial charge in [-0.1, -0.05) is 12.2 Å². The molecule has 0 bridgehead atoms. The first-order chi connectivity index (χ1) is 9.88. The Hall–Kier alpha value is -1.41. The average Bonchev–Trinajstić information content (AvgIpc) is 2.90. The quantitative estimate of drug-likeness (QED) is 0.817. The van der Waals surface area contributed by atoms with Crippen LogP contribution in [0.25, 0.3) is 0 Å². The Morgan fingerprint density at radius 1 is 1.48 bits per heavy atom. The van der Waals surface area contributed by atoms with E-state index >= 15 is 0 Å². The van der Waals surface area contributed by atoms with Crippen LogP contribution in [0.2, 0.25) is 0 Å². The Morgan fingerprint density at radius 3 is 2.81 bits per heavy atom. The summed E-state index contributed by atoms with van der Waals surface area (Å²) in [6, 6.07) is 2.13. The minimum absolute atomic E-state index is 0.0166. The molecular weight excluding hydrogens is 303 g/mol. The zero-order valence-electron chi connectivity index (χ0n) is 11.2. The van der Waals surface area contributed by atoms with Gasteiger partial charge in [-0.25, -0.2) is 4.98 Å². The van der Waals surface area contributed by atoms with Crippen LogP contribution in [0.4, 0.5) is 19.0 Å². The standard InChI is InChI=1S/C13H16F3N3OS/c14-13(15,16)10-2-1-9(11(17)21)12(19-10)18-5-3-8-4-6-20-7-8/h1-2,8H,3-7H2,(H2,17,21)(H,18,19). The van der Waals surface area contributed by atoms with Gasteiger partial charge in [0.25, 0.3) is 0 Å². The van der Waals surface area contributed by atoms with Gasteiger partial charge in [-0.05, 0) is 30.9 Å². The third-order valence-electron chi connectivity index (χ3n) is 3.32. The van der Waals surface area contributed by atoms with E-state index < -0.39 is 11.9 Å². The molecule has 2 heterocycles. The van der Waals surface area contributed by atoms with Gasteiger partial charge in [0.1, 0.15) is 16.5 Å². The van der Waals surface area contributed by atoms with Gasteiger partial charge in [-0.3, -0.25) is 0 Å². The maximum Gasteiger partial charge on any atom is 0.433 e. The van der Waals surface area contributed by atoms with Gasteiger partial charge < -0.3 is 15.8 Å². The minimum Gasteiger partial charge on any atom is -0.389 e. The second-order valence-corrected chi connectivity index (χ2v) is 5.34. The number of nitrogens with two attached hydrogens (primary N) is 1. The minimum atomic E-state index is -4.50. The topological polar surface area (TPSA) is 60.2 Å². The van der Waals surface area contributed by atoms with Crippen LogP contribution < -0.4 is 11.1 Å². The molecule has 1 atom stereocenters. The number of anilines is 1. The summed E-state index contributed by atoms with van der Waals surface area (Å²) in [7, 11) is 0. The monoisotopic (exact) mass is 319 g/mol. The average molecular weight is 319 g/mol. The molecule has 116 valence electrons. The third-order valence-corrected chi connectivity index (χ3v) is 3.54. The number of hydrogen-bond donors (Lipinski definition) is 2. The molecule has 1 aliphatic rings. The van der Waals surface area contributed by atoms with Crippen molar-refractivity contribution in [2.75, 3.05) is 25.1 Å². The van der Waals surface area contributed by atoms with Crippen LogP contribution >= 0.6 is 12.2 Å². The van der Waals surface area contributed by atoms with Gasteiger partial charge in [-0.15, -0.1) is 0 Å². The molecule has 0 aliphatic carbocycles. The number of nitrogens with zero attached hydrogens (tertiary/aromatic N) is 1. The Morgan fingerprint density at radius 2 is 2.24 bits per heavy atom. The third kappa shape index (κ3) is 4.28. The first-order valence-corrected chi connectivity index (χ1v) is 6.98. The number of rotatable bonds is 5. The zero-order chi connectivity index (χ0) is 15.5. The first-order valence-electron chi connectivity index (χ1n) is 6.57. The maximum atomic E-state index is 12.7. The highest BCUT2D eigenvalue weighted by Crippen LogP contribution is 2.29. The molecule has 1 aromatic rings. The van der Waals surface area contributed by atoms with E-state index in [4.69, 9.17) is 22.7 Å². The van der Waals surface area contributed by atoms with Crippen LogP contribution in [-0.4, -0.2) is 29.7 Å². The van der Waals surface area contributed by atoms with E-state index in [9.17, 15) is 13.2 Å². The lowest BCUT2D eigenvalue weighted by Crippen LogP contribution is -2.19. The van der Waals surface area contributed by atoms with E-state index in [1.165, 1.54) is 6.07 Å². The number of nitrogens with one attached hydrogen (secondary N) is 1. The predicted molar refractivity (Wildman–Crippen MR) is 77.2 cm³/mol. The molecule has 0 aromatic carbocycles. The highest BCUT2D eigenvalue weighted by atomic mass is 32.1. The van der Waals surface area contributed by atoms with Gasteiger partial charge >= 0.3 is 6.18 Å². The summed E-state index contributed by atoms with van der Waals surface area (Å²) in [5, 5.41) is 2.90. The number of aromatic nitrogens is 1. The van der Waals surface area contributed by atoms with Crippen LogP contribution in [-0.2, 0) is 10.9 Å². The molecule has 0 spiro atoms. The number of thiocarbonyl (C=S) groups is 1. The van der Waals surface area contributed by atoms with Gasteiger partial charge in [0.15, 0.2) is 0 Å². The lowest BCUT2D eigenvalue weighted by Gasteiger charge is -2.14. The van der Waals surface area contributed by atoms with Crippen molar-refractivity contribution in [2.45, 2.75) is 19.0 Å². The van der Waals surface area contributed by atoms with Crippen LogP contribution in [0.1, 0.15) is 24.1 Å². The second-order valence-electron chi connectivity index (χ2n) is 4.90. The SMILES string of the molecule is NC(=S)c1ccc(C(F)(F)F)nc1NCCC1CCOC1. The lowest BCUT2D eigenvalue weighted by atomic mass is 10.1. The van der Waals surface area contributed by atoms with E-state index in [1.807, 2.05) is 0 Å². The molecule has 21 heavy (non-hydrogen) atoms. The van der Waals surface area contributed by atoms with E-state index in [-0.39, 0.29) is 10.8 Å². The molecule has 8 heteroatoms. The molecule has 0 saturated carbocycles. The van der Waals surface area contributed by atoms with Crippen LogP contribution in [0, 0.1) is 5.92 Å². The molecule has 1 unspecified atom stereocenters. The van der Waals surface area contributed by atoms with Crippen molar-refractivity contribution in [1.29, 1.82) is 0 Å². The summed E-state index contributed by atoms with van der Waals surface area (Å²) in [4.78, 5) is 3.61. The van der Waals surface area contributed by atoms with E-state index in [0.717, 1.165) is 25.5 Å². The van der Waals surface area contributed by atoms with E-state index in [2.05, 4.69) is 10.3 Å². The fourth-order valence-electron chi connectivity index (χ4n) is 2.16. The number of hydrogen-bond acceptors (Lipinski definition) is 4. The summed E-state index contributed by atoms with van der Waals surface area (Å²) >= 11 is 4.84. The summed E-state index contributed by atoms with van der Waals surface area (Å²) in [5.41, 5.74) is 4.87. The van der Waals surface area contributed by atoms with Crippen molar-refractivity contribution in [3.05, 3.63) is 23.4 Å². The Bertz CT molecular complexity index is 516. The number of ether oxygens (including phenoxy) is 1. The molecule has 4 nitrogen and oxygen atoms in total. The molecule has 1 fully saturated rings. The van der Waals surface area contributed by atoms with E-state index in [0.29, 0.717) is 24.6 Å². The molecule has 3 N–H and O–H groups in total. The van der Waals surface area contributed by atoms with Crippen molar-refractivity contribution in [3.63, 3.8) is 0 Å². The zero-order valence-corrected chi connectivity index (χ0v) is 12.1. The lowest BCUT2D eigenvalue weighted by molar-refractivity contribution is -0.141.